The van der Waals surface area contributed by atoms with Crippen LogP contribution in [-0.2, 0) is 5.41 Å². The van der Waals surface area contributed by atoms with E-state index in [0.29, 0.717) is 5.92 Å². The van der Waals surface area contributed by atoms with E-state index in [1.807, 2.05) is 0 Å². The molecule has 1 aromatic rings. The van der Waals surface area contributed by atoms with Crippen molar-refractivity contribution in [3.8, 4) is 0 Å². The summed E-state index contributed by atoms with van der Waals surface area (Å²) in [6, 6.07) is 8.84. The number of hydrogen-bond donors (Lipinski definition) is 0. The molecule has 0 aliphatic carbocycles. The van der Waals surface area contributed by atoms with Crippen molar-refractivity contribution in [1.29, 1.82) is 0 Å². The Morgan fingerprint density at radius 3 is 2.06 bits per heavy atom. The SMILES string of the molecule is CCC(C)(C)c1ccc(C(Cl)CC(C)C)cc1. The molecule has 0 fully saturated rings. The minimum Gasteiger partial charge on any atom is -0.118 e. The molecule has 0 nitrogen and oxygen atoms in total. The predicted molar refractivity (Wildman–Crippen MR) is 77.8 cm³/mol. The highest BCUT2D eigenvalue weighted by molar-refractivity contribution is 6.20. The summed E-state index contributed by atoms with van der Waals surface area (Å²) in [4.78, 5) is 0. The number of halogens is 1. The second kappa shape index (κ2) is 5.91. The summed E-state index contributed by atoms with van der Waals surface area (Å²) >= 11 is 6.40. The van der Waals surface area contributed by atoms with Crippen molar-refractivity contribution >= 4 is 11.6 Å². The van der Waals surface area contributed by atoms with Gasteiger partial charge < -0.3 is 0 Å². The molecule has 1 heteroatoms. The van der Waals surface area contributed by atoms with E-state index in [1.165, 1.54) is 11.1 Å². The summed E-state index contributed by atoms with van der Waals surface area (Å²) in [6.07, 6.45) is 2.20. The Morgan fingerprint density at radius 1 is 1.12 bits per heavy atom. The summed E-state index contributed by atoms with van der Waals surface area (Å²) in [6.45, 7) is 11.2. The third kappa shape index (κ3) is 4.03. The van der Waals surface area contributed by atoms with E-state index in [2.05, 4.69) is 58.9 Å². The lowest BCUT2D eigenvalue weighted by Crippen LogP contribution is -2.15. The monoisotopic (exact) mass is 252 g/mol. The second-order valence-corrected chi connectivity index (χ2v) is 6.48. The van der Waals surface area contributed by atoms with Crippen molar-refractivity contribution in [2.45, 2.75) is 58.3 Å². The van der Waals surface area contributed by atoms with Gasteiger partial charge in [0, 0.05) is 0 Å². The van der Waals surface area contributed by atoms with E-state index in [-0.39, 0.29) is 10.8 Å². The van der Waals surface area contributed by atoms with Gasteiger partial charge in [-0.2, -0.15) is 0 Å². The van der Waals surface area contributed by atoms with Crippen LogP contribution >= 0.6 is 11.6 Å². The molecule has 0 aromatic heterocycles. The normalized spacial score (nSPS) is 14.1. The zero-order valence-electron chi connectivity index (χ0n) is 11.8. The molecule has 0 aliphatic heterocycles. The number of alkyl halides is 1. The lowest BCUT2D eigenvalue weighted by atomic mass is 9.82. The van der Waals surface area contributed by atoms with Gasteiger partial charge in [0.15, 0.2) is 0 Å². The zero-order chi connectivity index (χ0) is 13.1. The summed E-state index contributed by atoms with van der Waals surface area (Å²) in [5.74, 6) is 0.643. The summed E-state index contributed by atoms with van der Waals surface area (Å²) in [5.41, 5.74) is 2.91. The molecule has 0 radical (unpaired) electrons. The van der Waals surface area contributed by atoms with Crippen molar-refractivity contribution in [2.75, 3.05) is 0 Å². The first-order valence-electron chi connectivity index (χ1n) is 6.61. The predicted octanol–water partition coefficient (Wildman–Crippen LogP) is 5.70. The van der Waals surface area contributed by atoms with Gasteiger partial charge in [0.05, 0.1) is 5.38 Å². The Balaban J connectivity index is 2.81. The van der Waals surface area contributed by atoms with Gasteiger partial charge in [-0.05, 0) is 35.3 Å². The van der Waals surface area contributed by atoms with Crippen molar-refractivity contribution in [2.24, 2.45) is 5.92 Å². The van der Waals surface area contributed by atoms with Gasteiger partial charge >= 0.3 is 0 Å². The van der Waals surface area contributed by atoms with Crippen molar-refractivity contribution < 1.29 is 0 Å². The van der Waals surface area contributed by atoms with E-state index < -0.39 is 0 Å². The van der Waals surface area contributed by atoms with Crippen LogP contribution in [-0.4, -0.2) is 0 Å². The minimum atomic E-state index is 0.147. The maximum Gasteiger partial charge on any atom is 0.0587 e. The number of rotatable bonds is 5. The van der Waals surface area contributed by atoms with Gasteiger partial charge in [-0.25, -0.2) is 0 Å². The van der Waals surface area contributed by atoms with Crippen LogP contribution in [0.5, 0.6) is 0 Å². The first-order chi connectivity index (χ1) is 7.86. The molecule has 0 amide bonds. The lowest BCUT2D eigenvalue weighted by Gasteiger charge is -2.24. The largest absolute Gasteiger partial charge is 0.118 e. The summed E-state index contributed by atoms with van der Waals surface area (Å²) < 4.78 is 0. The molecular weight excluding hydrogens is 228 g/mol. The van der Waals surface area contributed by atoms with E-state index >= 15 is 0 Å². The summed E-state index contributed by atoms with van der Waals surface area (Å²) in [7, 11) is 0. The van der Waals surface area contributed by atoms with Gasteiger partial charge in [-0.15, -0.1) is 11.6 Å². The second-order valence-electron chi connectivity index (χ2n) is 5.96. The smallest absolute Gasteiger partial charge is 0.0587 e. The highest BCUT2D eigenvalue weighted by Crippen LogP contribution is 2.31. The van der Waals surface area contributed by atoms with Crippen LogP contribution in [0, 0.1) is 5.92 Å². The Morgan fingerprint density at radius 2 is 1.65 bits per heavy atom. The number of hydrogen-bond acceptors (Lipinski definition) is 0. The first-order valence-corrected chi connectivity index (χ1v) is 7.05. The molecule has 1 rings (SSSR count). The van der Waals surface area contributed by atoms with Crippen LogP contribution < -0.4 is 0 Å². The molecule has 0 saturated carbocycles. The quantitative estimate of drug-likeness (QED) is 0.590. The average Bonchev–Trinajstić information content (AvgIpc) is 2.28. The fraction of sp³-hybridized carbons (Fsp3) is 0.625. The van der Waals surface area contributed by atoms with Crippen LogP contribution in [0.15, 0.2) is 24.3 Å². The van der Waals surface area contributed by atoms with Crippen LogP contribution in [0.25, 0.3) is 0 Å². The molecule has 0 bridgehead atoms. The van der Waals surface area contributed by atoms with Crippen LogP contribution in [0.1, 0.15) is 64.0 Å². The molecule has 17 heavy (non-hydrogen) atoms. The molecule has 0 saturated heterocycles. The van der Waals surface area contributed by atoms with E-state index in [9.17, 15) is 0 Å². The van der Waals surface area contributed by atoms with Gasteiger partial charge in [0.25, 0.3) is 0 Å². The molecule has 96 valence electrons. The van der Waals surface area contributed by atoms with Crippen molar-refractivity contribution in [3.63, 3.8) is 0 Å². The van der Waals surface area contributed by atoms with Crippen LogP contribution in [0.2, 0.25) is 0 Å². The molecule has 1 atom stereocenters. The lowest BCUT2D eigenvalue weighted by molar-refractivity contribution is 0.506. The highest BCUT2D eigenvalue weighted by atomic mass is 35.5. The highest BCUT2D eigenvalue weighted by Gasteiger charge is 2.18. The fourth-order valence-electron chi connectivity index (χ4n) is 1.90. The molecule has 0 spiro atoms. The standard InChI is InChI=1S/C16H25Cl/c1-6-16(4,5)14-9-7-13(8-10-14)15(17)11-12(2)3/h7-10,12,15H,6,11H2,1-5H3. The molecule has 0 heterocycles. The Labute approximate surface area is 111 Å². The van der Waals surface area contributed by atoms with Gasteiger partial charge in [-0.3, -0.25) is 0 Å². The Bertz CT molecular complexity index is 335. The maximum atomic E-state index is 6.40. The van der Waals surface area contributed by atoms with E-state index in [1.54, 1.807) is 0 Å². The average molecular weight is 253 g/mol. The van der Waals surface area contributed by atoms with Crippen molar-refractivity contribution in [3.05, 3.63) is 35.4 Å². The first kappa shape index (κ1) is 14.6. The van der Waals surface area contributed by atoms with Crippen LogP contribution in [0.3, 0.4) is 0 Å². The third-order valence-corrected chi connectivity index (χ3v) is 4.05. The van der Waals surface area contributed by atoms with Gasteiger partial charge in [-0.1, -0.05) is 58.9 Å². The minimum absolute atomic E-state index is 0.147. The van der Waals surface area contributed by atoms with Gasteiger partial charge in [0.2, 0.25) is 0 Å². The molecule has 0 aliphatic rings. The molecule has 1 unspecified atom stereocenters. The maximum absolute atomic E-state index is 6.40. The summed E-state index contributed by atoms with van der Waals surface area (Å²) in [5, 5.41) is 0.147. The molecular formula is C16H25Cl. The zero-order valence-corrected chi connectivity index (χ0v) is 12.5. The number of benzene rings is 1. The van der Waals surface area contributed by atoms with Crippen molar-refractivity contribution in [1.82, 2.24) is 0 Å². The Kier molecular flexibility index (Phi) is 5.06. The topological polar surface area (TPSA) is 0 Å². The fourth-order valence-corrected chi connectivity index (χ4v) is 2.40. The Hall–Kier alpha value is -0.490. The third-order valence-electron chi connectivity index (χ3n) is 3.62. The van der Waals surface area contributed by atoms with Gasteiger partial charge in [0.1, 0.15) is 0 Å². The molecule has 0 N–H and O–H groups in total. The van der Waals surface area contributed by atoms with E-state index in [4.69, 9.17) is 11.6 Å². The molecule has 1 aromatic carbocycles. The van der Waals surface area contributed by atoms with Crippen LogP contribution in [0.4, 0.5) is 0 Å². The van der Waals surface area contributed by atoms with E-state index in [0.717, 1.165) is 12.8 Å².